The van der Waals surface area contributed by atoms with E-state index >= 15 is 0 Å². The van der Waals surface area contributed by atoms with Crippen LogP contribution in [0.4, 0.5) is 0 Å². The molecule has 4 nitrogen and oxygen atoms in total. The van der Waals surface area contributed by atoms with Crippen LogP contribution in [0.3, 0.4) is 0 Å². The predicted molar refractivity (Wildman–Crippen MR) is 49.6 cm³/mol. The van der Waals surface area contributed by atoms with Crippen LogP contribution in [0.15, 0.2) is 35.9 Å². The summed E-state index contributed by atoms with van der Waals surface area (Å²) in [6, 6.07) is 9.70. The van der Waals surface area contributed by atoms with Crippen molar-refractivity contribution < 1.29 is 9.53 Å². The molecule has 1 aromatic rings. The summed E-state index contributed by atoms with van der Waals surface area (Å²) in [5.41, 5.74) is -0.561. The maximum absolute atomic E-state index is 11.1. The molecule has 0 aromatic heterocycles. The first kappa shape index (κ1) is 9.72. The summed E-state index contributed by atoms with van der Waals surface area (Å²) in [5.74, 6) is 0.829. The fourth-order valence-corrected chi connectivity index (χ4v) is 0.763. The molecule has 0 saturated carbocycles. The van der Waals surface area contributed by atoms with Crippen LogP contribution in [-0.4, -0.2) is 11.8 Å². The van der Waals surface area contributed by atoms with E-state index < -0.39 is 11.5 Å². The van der Waals surface area contributed by atoms with Gasteiger partial charge in [-0.1, -0.05) is 18.2 Å². The number of hydrogen-bond acceptors (Lipinski definition) is 3. The van der Waals surface area contributed by atoms with Crippen molar-refractivity contribution in [2.45, 2.75) is 0 Å². The molecular weight excluding hydrogens is 180 g/mol. The third kappa shape index (κ3) is 2.31. The third-order valence-electron chi connectivity index (χ3n) is 1.38. The smallest absolute Gasteiger partial charge is 0.360 e. The monoisotopic (exact) mass is 185 g/mol. The summed E-state index contributed by atoms with van der Waals surface area (Å²) in [6.45, 7) is 0. The Morgan fingerprint density at radius 1 is 1.36 bits per heavy atom. The van der Waals surface area contributed by atoms with Gasteiger partial charge in [-0.05, 0) is 12.1 Å². The predicted octanol–water partition coefficient (Wildman–Crippen LogP) is 1.28. The van der Waals surface area contributed by atoms with Gasteiger partial charge in [-0.2, -0.15) is 5.26 Å². The Morgan fingerprint density at radius 2 is 2.00 bits per heavy atom. The molecule has 0 aliphatic heterocycles. The molecule has 68 valence electrons. The average molecular weight is 185 g/mol. The number of carbonyl (C=O) groups excluding carboxylic acids is 1. The molecule has 0 aliphatic carbocycles. The van der Waals surface area contributed by atoms with Crippen LogP contribution in [0.1, 0.15) is 0 Å². The molecular formula is C10H5N2O2-. The SMILES string of the molecule is N#CC(=C=[N-])C(=O)Oc1ccccc1. The van der Waals surface area contributed by atoms with Gasteiger partial charge in [-0.3, -0.25) is 0 Å². The maximum Gasteiger partial charge on any atom is 0.360 e. The summed E-state index contributed by atoms with van der Waals surface area (Å²) in [4.78, 5) is 11.1. The minimum Gasteiger partial charge on any atom is -0.762 e. The lowest BCUT2D eigenvalue weighted by atomic mass is 10.3. The van der Waals surface area contributed by atoms with Gasteiger partial charge in [-0.15, -0.1) is 0 Å². The van der Waals surface area contributed by atoms with Gasteiger partial charge in [0.15, 0.2) is 5.57 Å². The number of esters is 1. The molecule has 14 heavy (non-hydrogen) atoms. The van der Waals surface area contributed by atoms with E-state index in [1.54, 1.807) is 30.3 Å². The molecule has 0 unspecified atom stereocenters. The highest BCUT2D eigenvalue weighted by Crippen LogP contribution is 2.09. The van der Waals surface area contributed by atoms with E-state index in [0.717, 1.165) is 0 Å². The zero-order valence-corrected chi connectivity index (χ0v) is 7.10. The molecule has 0 atom stereocenters. The second-order valence-electron chi connectivity index (χ2n) is 2.30. The lowest BCUT2D eigenvalue weighted by Crippen LogP contribution is -2.10. The first-order chi connectivity index (χ1) is 6.77. The largest absolute Gasteiger partial charge is 0.762 e. The fraction of sp³-hybridized carbons (Fsp3) is 0. The zero-order chi connectivity index (χ0) is 10.4. The number of nitriles is 1. The number of hydrogen-bond donors (Lipinski definition) is 0. The maximum atomic E-state index is 11.1. The van der Waals surface area contributed by atoms with Crippen molar-refractivity contribution in [3.8, 4) is 11.8 Å². The second-order valence-corrected chi connectivity index (χ2v) is 2.30. The highest BCUT2D eigenvalue weighted by Gasteiger charge is 2.08. The molecule has 0 radical (unpaired) electrons. The normalized spacial score (nSPS) is 8.21. The molecule has 4 heteroatoms. The molecule has 0 bridgehead atoms. The number of ether oxygens (including phenoxy) is 1. The molecule has 0 amide bonds. The van der Waals surface area contributed by atoms with Crippen molar-refractivity contribution in [1.82, 2.24) is 0 Å². The summed E-state index contributed by atoms with van der Waals surface area (Å²) >= 11 is 0. The summed E-state index contributed by atoms with van der Waals surface area (Å²) in [6.07, 6.45) is 0. The fourth-order valence-electron chi connectivity index (χ4n) is 0.763. The minimum absolute atomic E-state index is 0.306. The topological polar surface area (TPSA) is 72.4 Å². The lowest BCUT2D eigenvalue weighted by Gasteiger charge is -2.01. The Labute approximate surface area is 80.6 Å². The van der Waals surface area contributed by atoms with Crippen LogP contribution < -0.4 is 4.74 Å². The second kappa shape index (κ2) is 4.61. The summed E-state index contributed by atoms with van der Waals surface area (Å²) in [5, 5.41) is 16.7. The van der Waals surface area contributed by atoms with E-state index in [1.807, 2.05) is 0 Å². The number of benzene rings is 1. The van der Waals surface area contributed by atoms with Gasteiger partial charge >= 0.3 is 5.97 Å². The van der Waals surface area contributed by atoms with Crippen molar-refractivity contribution in [3.05, 3.63) is 41.3 Å². The Kier molecular flexibility index (Phi) is 3.20. The highest BCUT2D eigenvalue weighted by atomic mass is 16.5. The number of nitrogens with zero attached hydrogens (tertiary/aromatic N) is 2. The van der Waals surface area contributed by atoms with Crippen molar-refractivity contribution >= 4 is 11.8 Å². The molecule has 0 N–H and O–H groups in total. The van der Waals surface area contributed by atoms with Crippen molar-refractivity contribution in [2.24, 2.45) is 0 Å². The van der Waals surface area contributed by atoms with Gasteiger partial charge < -0.3 is 10.1 Å². The van der Waals surface area contributed by atoms with Gasteiger partial charge in [0.2, 0.25) is 0 Å². The Balaban J connectivity index is 2.78. The Bertz CT molecular complexity index is 425. The van der Waals surface area contributed by atoms with Crippen molar-refractivity contribution in [2.75, 3.05) is 0 Å². The number of carbonyl (C=O) groups is 1. The van der Waals surface area contributed by atoms with Crippen LogP contribution >= 0.6 is 0 Å². The standard InChI is InChI=1S/C10H5N2O2/c11-6-8(7-12)10(13)14-9-4-2-1-3-5-9/h1-5H/q-1. The molecule has 0 aliphatic rings. The average Bonchev–Trinajstić information content (AvgIpc) is 2.21. The van der Waals surface area contributed by atoms with Crippen molar-refractivity contribution in [3.63, 3.8) is 0 Å². The molecule has 0 saturated heterocycles. The first-order valence-electron chi connectivity index (χ1n) is 3.72. The third-order valence-corrected chi connectivity index (χ3v) is 1.38. The minimum atomic E-state index is -0.929. The van der Waals surface area contributed by atoms with E-state index in [1.165, 1.54) is 11.9 Å². The van der Waals surface area contributed by atoms with Crippen LogP contribution in [0.25, 0.3) is 5.41 Å². The first-order valence-corrected chi connectivity index (χ1v) is 3.72. The van der Waals surface area contributed by atoms with Gasteiger partial charge in [0, 0.05) is 0 Å². The van der Waals surface area contributed by atoms with E-state index in [9.17, 15) is 4.79 Å². The Hall–Kier alpha value is -2.37. The molecule has 0 heterocycles. The van der Waals surface area contributed by atoms with E-state index in [0.29, 0.717) is 5.75 Å². The van der Waals surface area contributed by atoms with Crippen LogP contribution in [0.2, 0.25) is 0 Å². The Morgan fingerprint density at radius 3 is 2.50 bits per heavy atom. The number of para-hydroxylation sites is 1. The van der Waals surface area contributed by atoms with Crippen molar-refractivity contribution in [1.29, 1.82) is 5.26 Å². The van der Waals surface area contributed by atoms with Gasteiger partial charge in [0.25, 0.3) is 0 Å². The van der Waals surface area contributed by atoms with E-state index in [-0.39, 0.29) is 0 Å². The quantitative estimate of drug-likeness (QED) is 0.229. The summed E-state index contributed by atoms with van der Waals surface area (Å²) < 4.78 is 4.74. The summed E-state index contributed by atoms with van der Waals surface area (Å²) in [7, 11) is 0. The van der Waals surface area contributed by atoms with Crippen LogP contribution in [0.5, 0.6) is 5.75 Å². The van der Waals surface area contributed by atoms with Gasteiger partial charge in [0.05, 0.1) is 0 Å². The number of rotatable bonds is 2. The van der Waals surface area contributed by atoms with Crippen LogP contribution in [-0.2, 0) is 4.79 Å². The highest BCUT2D eigenvalue weighted by molar-refractivity contribution is 6.03. The molecule has 1 aromatic carbocycles. The lowest BCUT2D eigenvalue weighted by molar-refractivity contribution is -0.129. The molecule has 0 fully saturated rings. The molecule has 0 spiro atoms. The van der Waals surface area contributed by atoms with Gasteiger partial charge in [0.1, 0.15) is 11.8 Å². The zero-order valence-electron chi connectivity index (χ0n) is 7.10. The van der Waals surface area contributed by atoms with E-state index in [2.05, 4.69) is 0 Å². The van der Waals surface area contributed by atoms with Crippen LogP contribution in [0, 0.1) is 11.3 Å². The molecule has 1 rings (SSSR count). The van der Waals surface area contributed by atoms with E-state index in [4.69, 9.17) is 15.4 Å². The van der Waals surface area contributed by atoms with Gasteiger partial charge in [-0.25, -0.2) is 10.7 Å².